The van der Waals surface area contributed by atoms with Gasteiger partial charge in [0.1, 0.15) is 0 Å². The number of fused-ring (bicyclic) bond motifs is 1. The molecule has 0 aliphatic rings. The van der Waals surface area contributed by atoms with Gasteiger partial charge in [-0.2, -0.15) is 0 Å². The molecular formula is C11H7O2. The van der Waals surface area contributed by atoms with Crippen LogP contribution in [0.1, 0.15) is 10.4 Å². The molecule has 63 valence electrons. The van der Waals surface area contributed by atoms with Crippen molar-refractivity contribution in [1.29, 1.82) is 0 Å². The fourth-order valence-corrected chi connectivity index (χ4v) is 1.40. The van der Waals surface area contributed by atoms with Crippen LogP contribution >= 0.6 is 0 Å². The molecule has 13 heavy (non-hydrogen) atoms. The summed E-state index contributed by atoms with van der Waals surface area (Å²) in [6.07, 6.45) is 0.616. The maximum absolute atomic E-state index is 11.2. The third kappa shape index (κ3) is 1.16. The molecule has 2 aromatic rings. The monoisotopic (exact) mass is 171 g/mol. The van der Waals surface area contributed by atoms with Crippen LogP contribution in [0.3, 0.4) is 0 Å². The quantitative estimate of drug-likeness (QED) is 0.608. The summed E-state index contributed by atoms with van der Waals surface area (Å²) in [5, 5.41) is 12.9. The topological polar surface area (TPSA) is 37.0 Å². The van der Waals surface area contributed by atoms with Crippen molar-refractivity contribution in [3.05, 3.63) is 42.0 Å². The van der Waals surface area contributed by atoms with Crippen molar-refractivity contribution in [3.63, 3.8) is 0 Å². The summed E-state index contributed by atoms with van der Waals surface area (Å²) >= 11 is 0. The first-order valence-corrected chi connectivity index (χ1v) is 3.97. The highest BCUT2D eigenvalue weighted by molar-refractivity contribution is 6.00. The molecule has 2 rings (SSSR count). The van der Waals surface area contributed by atoms with Gasteiger partial charge in [0.2, 0.25) is 0 Å². The molecular weight excluding hydrogens is 164 g/mol. The number of aldehydes is 1. The Morgan fingerprint density at radius 2 is 1.77 bits per heavy atom. The van der Waals surface area contributed by atoms with Crippen LogP contribution in [0.25, 0.3) is 10.8 Å². The second-order valence-corrected chi connectivity index (χ2v) is 2.82. The van der Waals surface area contributed by atoms with Gasteiger partial charge in [-0.05, 0) is 16.8 Å². The number of rotatable bonds is 1. The number of carbonyl (C=O) groups is 1. The van der Waals surface area contributed by atoms with Crippen LogP contribution < -0.4 is 0 Å². The second kappa shape index (κ2) is 2.90. The van der Waals surface area contributed by atoms with E-state index in [1.54, 1.807) is 12.1 Å². The predicted molar refractivity (Wildman–Crippen MR) is 49.5 cm³/mol. The predicted octanol–water partition coefficient (Wildman–Crippen LogP) is 2.80. The maximum Gasteiger partial charge on any atom is 0.189 e. The summed E-state index contributed by atoms with van der Waals surface area (Å²) < 4.78 is 0. The highest BCUT2D eigenvalue weighted by Gasteiger charge is 2.05. The lowest BCUT2D eigenvalue weighted by Crippen LogP contribution is -1.83. The van der Waals surface area contributed by atoms with Crippen molar-refractivity contribution < 1.29 is 9.90 Å². The van der Waals surface area contributed by atoms with E-state index in [1.165, 1.54) is 6.07 Å². The molecule has 0 aliphatic heterocycles. The average molecular weight is 171 g/mol. The van der Waals surface area contributed by atoms with Crippen LogP contribution in [0.5, 0.6) is 5.75 Å². The number of carbonyl (C=O) groups excluding carboxylic acids is 1. The fraction of sp³-hybridized carbons (Fsp3) is 0. The van der Waals surface area contributed by atoms with Crippen molar-refractivity contribution >= 4 is 17.1 Å². The number of hydrogen-bond donors (Lipinski definition) is 0. The van der Waals surface area contributed by atoms with Crippen LogP contribution in [0.15, 0.2) is 36.4 Å². The Kier molecular flexibility index (Phi) is 1.74. The van der Waals surface area contributed by atoms with Gasteiger partial charge in [0.05, 0.1) is 5.56 Å². The highest BCUT2D eigenvalue weighted by atomic mass is 16.3. The van der Waals surface area contributed by atoms with E-state index in [0.29, 0.717) is 6.29 Å². The summed E-state index contributed by atoms with van der Waals surface area (Å²) in [5.41, 5.74) is 0.248. The lowest BCUT2D eigenvalue weighted by Gasteiger charge is -2.00. The third-order valence-corrected chi connectivity index (χ3v) is 2.05. The van der Waals surface area contributed by atoms with Crippen LogP contribution in [0, 0.1) is 0 Å². The first-order valence-electron chi connectivity index (χ1n) is 3.97. The summed E-state index contributed by atoms with van der Waals surface area (Å²) in [5.74, 6) is -0.214. The third-order valence-electron chi connectivity index (χ3n) is 2.05. The number of hydrogen-bond acceptors (Lipinski definition) is 1. The van der Waals surface area contributed by atoms with Gasteiger partial charge in [0.15, 0.2) is 12.0 Å². The van der Waals surface area contributed by atoms with Crippen molar-refractivity contribution in [2.45, 2.75) is 0 Å². The van der Waals surface area contributed by atoms with Crippen molar-refractivity contribution in [2.75, 3.05) is 0 Å². The molecule has 0 unspecified atom stereocenters. The zero-order chi connectivity index (χ0) is 9.26. The van der Waals surface area contributed by atoms with Gasteiger partial charge < -0.3 is 0 Å². The Morgan fingerprint density at radius 3 is 2.54 bits per heavy atom. The van der Waals surface area contributed by atoms with E-state index in [0.717, 1.165) is 10.8 Å². The van der Waals surface area contributed by atoms with Crippen molar-refractivity contribution in [2.24, 2.45) is 0 Å². The molecule has 0 N–H and O–H groups in total. The first-order chi connectivity index (χ1) is 6.33. The molecule has 0 saturated carbocycles. The van der Waals surface area contributed by atoms with Crippen LogP contribution in [0.2, 0.25) is 0 Å². The molecule has 1 radical (unpaired) electrons. The second-order valence-electron chi connectivity index (χ2n) is 2.82. The van der Waals surface area contributed by atoms with Crippen LogP contribution in [0.4, 0.5) is 0 Å². The number of benzene rings is 2. The largest absolute Gasteiger partial charge is 0.298 e. The lowest BCUT2D eigenvalue weighted by molar-refractivity contribution is 0.112. The van der Waals surface area contributed by atoms with Gasteiger partial charge in [-0.1, -0.05) is 30.3 Å². The van der Waals surface area contributed by atoms with Gasteiger partial charge in [-0.15, -0.1) is 0 Å². The maximum atomic E-state index is 11.2. The molecule has 0 fully saturated rings. The van der Waals surface area contributed by atoms with Crippen LogP contribution in [-0.4, -0.2) is 6.29 Å². The standard InChI is InChI=1S/C11H7O2/c12-7-10-9-4-2-1-3-8(9)5-6-11(10)13/h1-7H. The Balaban J connectivity index is 2.91. The zero-order valence-corrected chi connectivity index (χ0v) is 6.86. The molecule has 2 aromatic carbocycles. The molecule has 0 amide bonds. The smallest absolute Gasteiger partial charge is 0.189 e. The minimum absolute atomic E-state index is 0.214. The van der Waals surface area contributed by atoms with Gasteiger partial charge in [-0.25, -0.2) is 0 Å². The van der Waals surface area contributed by atoms with Crippen molar-refractivity contribution in [3.8, 4) is 5.75 Å². The Labute approximate surface area is 75.4 Å². The molecule has 0 bridgehead atoms. The minimum Gasteiger partial charge on any atom is -0.298 e. The normalized spacial score (nSPS) is 10.2. The van der Waals surface area contributed by atoms with Gasteiger partial charge in [0.25, 0.3) is 0 Å². The Bertz CT molecular complexity index is 461. The zero-order valence-electron chi connectivity index (χ0n) is 6.86. The molecule has 0 saturated heterocycles. The Hall–Kier alpha value is -1.83. The van der Waals surface area contributed by atoms with E-state index >= 15 is 0 Å². The van der Waals surface area contributed by atoms with E-state index in [2.05, 4.69) is 0 Å². The molecule has 0 spiro atoms. The molecule has 0 aliphatic carbocycles. The lowest BCUT2D eigenvalue weighted by atomic mass is 10.0. The summed E-state index contributed by atoms with van der Waals surface area (Å²) in [4.78, 5) is 10.6. The van der Waals surface area contributed by atoms with Crippen molar-refractivity contribution in [1.82, 2.24) is 0 Å². The minimum atomic E-state index is -0.214. The van der Waals surface area contributed by atoms with E-state index in [1.807, 2.05) is 18.2 Å². The van der Waals surface area contributed by atoms with E-state index in [-0.39, 0.29) is 11.3 Å². The SMILES string of the molecule is [O]c1ccc2ccccc2c1C=O. The average Bonchev–Trinajstić information content (AvgIpc) is 2.18. The van der Waals surface area contributed by atoms with E-state index in [9.17, 15) is 9.90 Å². The Morgan fingerprint density at radius 1 is 1.00 bits per heavy atom. The fourth-order valence-electron chi connectivity index (χ4n) is 1.40. The van der Waals surface area contributed by atoms with Crippen LogP contribution in [-0.2, 0) is 5.11 Å². The summed E-state index contributed by atoms with van der Waals surface area (Å²) in [6.45, 7) is 0. The van der Waals surface area contributed by atoms with Gasteiger partial charge in [-0.3, -0.25) is 9.90 Å². The molecule has 2 nitrogen and oxygen atoms in total. The van der Waals surface area contributed by atoms with E-state index in [4.69, 9.17) is 0 Å². The van der Waals surface area contributed by atoms with Gasteiger partial charge >= 0.3 is 0 Å². The molecule has 0 aromatic heterocycles. The summed E-state index contributed by atoms with van der Waals surface area (Å²) in [7, 11) is 0. The first kappa shape index (κ1) is 7.80. The van der Waals surface area contributed by atoms with Gasteiger partial charge in [0, 0.05) is 0 Å². The summed E-state index contributed by atoms with van der Waals surface area (Å²) in [6, 6.07) is 10.5. The molecule has 2 heteroatoms. The molecule has 0 atom stereocenters. The van der Waals surface area contributed by atoms with E-state index < -0.39 is 0 Å². The molecule has 0 heterocycles. The highest BCUT2D eigenvalue weighted by Crippen LogP contribution is 2.25.